The highest BCUT2D eigenvalue weighted by Gasteiger charge is 2.34. The summed E-state index contributed by atoms with van der Waals surface area (Å²) in [6.07, 6.45) is 2.76. The smallest absolute Gasteiger partial charge is 0.408 e. The van der Waals surface area contributed by atoms with E-state index in [4.69, 9.17) is 4.74 Å². The number of nitrogens with zero attached hydrogens (tertiary/aromatic N) is 1. The summed E-state index contributed by atoms with van der Waals surface area (Å²) in [6, 6.07) is 5.13. The summed E-state index contributed by atoms with van der Waals surface area (Å²) >= 11 is 0. The average molecular weight is 450 g/mol. The molecule has 1 aromatic rings. The molecule has 0 aromatic heterocycles. The second-order valence-corrected chi connectivity index (χ2v) is 8.91. The van der Waals surface area contributed by atoms with Gasteiger partial charge in [-0.2, -0.15) is 0 Å². The van der Waals surface area contributed by atoms with Crippen LogP contribution in [-0.4, -0.2) is 52.6 Å². The number of carbonyl (C=O) groups excluding carboxylic acids is 3. The maximum atomic E-state index is 13.2. The normalized spacial score (nSPS) is 13.1. The Balaban J connectivity index is 3.15. The van der Waals surface area contributed by atoms with Gasteiger partial charge in [-0.05, 0) is 58.2 Å². The van der Waals surface area contributed by atoms with Gasteiger partial charge in [-0.3, -0.25) is 9.59 Å². The summed E-state index contributed by atoms with van der Waals surface area (Å²) in [5.74, 6) is -0.727. The standard InChI is InChI=1S/C24H39N3O5/c1-7-9-10-14-25-22(30)21(18-12-11-13-19(28)15-18)27(17(3)8-2)20(29)16-26-23(31)32-24(4,5)6/h11-13,15,17,21,28H,7-10,14,16H2,1-6H3,(H,25,30)(H,26,31). The molecule has 0 saturated carbocycles. The quantitative estimate of drug-likeness (QED) is 0.444. The van der Waals surface area contributed by atoms with Crippen molar-refractivity contribution in [3.05, 3.63) is 29.8 Å². The van der Waals surface area contributed by atoms with E-state index < -0.39 is 23.6 Å². The third kappa shape index (κ3) is 9.16. The van der Waals surface area contributed by atoms with Crippen LogP contribution in [0, 0.1) is 0 Å². The molecule has 2 atom stereocenters. The Kier molecular flexibility index (Phi) is 11.0. The SMILES string of the molecule is CCCCCNC(=O)C(c1cccc(O)c1)N(C(=O)CNC(=O)OC(C)(C)C)C(C)CC. The van der Waals surface area contributed by atoms with Crippen molar-refractivity contribution in [3.63, 3.8) is 0 Å². The van der Waals surface area contributed by atoms with E-state index in [1.807, 2.05) is 13.8 Å². The summed E-state index contributed by atoms with van der Waals surface area (Å²) in [4.78, 5) is 39.9. The average Bonchev–Trinajstić information content (AvgIpc) is 2.71. The summed E-state index contributed by atoms with van der Waals surface area (Å²) in [7, 11) is 0. The molecule has 1 aromatic carbocycles. The molecule has 0 bridgehead atoms. The number of ether oxygens (including phenoxy) is 1. The molecule has 2 unspecified atom stereocenters. The van der Waals surface area contributed by atoms with Gasteiger partial charge in [0.15, 0.2) is 0 Å². The van der Waals surface area contributed by atoms with Gasteiger partial charge in [0, 0.05) is 12.6 Å². The molecule has 3 N–H and O–H groups in total. The second kappa shape index (κ2) is 12.9. The Hall–Kier alpha value is -2.77. The van der Waals surface area contributed by atoms with Gasteiger partial charge >= 0.3 is 6.09 Å². The molecule has 8 heteroatoms. The Labute approximate surface area is 191 Å². The number of amides is 3. The molecule has 0 aliphatic heterocycles. The molecule has 0 aliphatic rings. The third-order valence-corrected chi connectivity index (χ3v) is 4.93. The van der Waals surface area contributed by atoms with Crippen molar-refractivity contribution in [3.8, 4) is 5.75 Å². The summed E-state index contributed by atoms with van der Waals surface area (Å²) < 4.78 is 5.21. The molecule has 0 heterocycles. The minimum atomic E-state index is -0.938. The fourth-order valence-corrected chi connectivity index (χ4v) is 3.21. The summed E-state index contributed by atoms with van der Waals surface area (Å²) in [5, 5.41) is 15.4. The van der Waals surface area contributed by atoms with E-state index in [9.17, 15) is 19.5 Å². The molecule has 0 aliphatic carbocycles. The number of hydrogen-bond donors (Lipinski definition) is 3. The fourth-order valence-electron chi connectivity index (χ4n) is 3.21. The summed E-state index contributed by atoms with van der Waals surface area (Å²) in [5.41, 5.74) is -0.185. The van der Waals surface area contributed by atoms with Crippen LogP contribution in [0.4, 0.5) is 4.79 Å². The molecule has 32 heavy (non-hydrogen) atoms. The fraction of sp³-hybridized carbons (Fsp3) is 0.625. The number of hydrogen-bond acceptors (Lipinski definition) is 5. The summed E-state index contributed by atoms with van der Waals surface area (Å²) in [6.45, 7) is 11.3. The van der Waals surface area contributed by atoms with Crippen molar-refractivity contribution in [2.24, 2.45) is 0 Å². The van der Waals surface area contributed by atoms with Crippen molar-refractivity contribution in [1.29, 1.82) is 0 Å². The number of carbonyl (C=O) groups is 3. The Morgan fingerprint density at radius 3 is 2.38 bits per heavy atom. The molecule has 180 valence electrons. The number of nitrogens with one attached hydrogen (secondary N) is 2. The molecule has 0 fully saturated rings. The van der Waals surface area contributed by atoms with Crippen LogP contribution in [0.1, 0.15) is 78.8 Å². The van der Waals surface area contributed by atoms with Gasteiger partial charge in [-0.25, -0.2) is 4.79 Å². The van der Waals surface area contributed by atoms with E-state index in [0.29, 0.717) is 18.5 Å². The van der Waals surface area contributed by atoms with E-state index in [0.717, 1.165) is 19.3 Å². The molecule has 0 saturated heterocycles. The minimum Gasteiger partial charge on any atom is -0.508 e. The highest BCUT2D eigenvalue weighted by molar-refractivity contribution is 5.90. The van der Waals surface area contributed by atoms with Crippen molar-refractivity contribution in [2.45, 2.75) is 84.9 Å². The van der Waals surface area contributed by atoms with Gasteiger partial charge in [0.25, 0.3) is 0 Å². The topological polar surface area (TPSA) is 108 Å². The van der Waals surface area contributed by atoms with Crippen LogP contribution < -0.4 is 10.6 Å². The van der Waals surface area contributed by atoms with E-state index in [1.54, 1.807) is 32.9 Å². The number of phenolic OH excluding ortho intramolecular Hbond substituents is 1. The van der Waals surface area contributed by atoms with Crippen LogP contribution in [0.3, 0.4) is 0 Å². The van der Waals surface area contributed by atoms with Crippen LogP contribution in [0.25, 0.3) is 0 Å². The van der Waals surface area contributed by atoms with Crippen LogP contribution in [0.15, 0.2) is 24.3 Å². The van der Waals surface area contributed by atoms with Gasteiger partial charge in [0.1, 0.15) is 23.9 Å². The molecular formula is C24H39N3O5. The number of aromatic hydroxyl groups is 1. The number of alkyl carbamates (subject to hydrolysis) is 1. The second-order valence-electron chi connectivity index (χ2n) is 8.91. The van der Waals surface area contributed by atoms with Gasteiger partial charge < -0.3 is 25.4 Å². The lowest BCUT2D eigenvalue weighted by molar-refractivity contribution is -0.142. The zero-order valence-corrected chi connectivity index (χ0v) is 20.2. The zero-order chi connectivity index (χ0) is 24.3. The van der Waals surface area contributed by atoms with Gasteiger partial charge in [0.2, 0.25) is 11.8 Å². The van der Waals surface area contributed by atoms with E-state index in [1.165, 1.54) is 17.0 Å². The maximum Gasteiger partial charge on any atom is 0.408 e. The lowest BCUT2D eigenvalue weighted by Gasteiger charge is -2.36. The first-order valence-electron chi connectivity index (χ1n) is 11.3. The zero-order valence-electron chi connectivity index (χ0n) is 20.2. The highest BCUT2D eigenvalue weighted by Crippen LogP contribution is 2.27. The lowest BCUT2D eigenvalue weighted by atomic mass is 10.0. The van der Waals surface area contributed by atoms with E-state index in [-0.39, 0.29) is 24.2 Å². The molecule has 0 spiro atoms. The van der Waals surface area contributed by atoms with Crippen molar-refractivity contribution in [1.82, 2.24) is 15.5 Å². The van der Waals surface area contributed by atoms with Crippen LogP contribution in [-0.2, 0) is 14.3 Å². The molecule has 3 amide bonds. The predicted molar refractivity (Wildman–Crippen MR) is 124 cm³/mol. The largest absolute Gasteiger partial charge is 0.508 e. The maximum absolute atomic E-state index is 13.2. The Morgan fingerprint density at radius 1 is 1.12 bits per heavy atom. The minimum absolute atomic E-state index is 0.00899. The van der Waals surface area contributed by atoms with Gasteiger partial charge in [0.05, 0.1) is 0 Å². The Morgan fingerprint density at radius 2 is 1.81 bits per heavy atom. The lowest BCUT2D eigenvalue weighted by Crippen LogP contribution is -2.51. The molecule has 0 radical (unpaired) electrons. The number of benzene rings is 1. The van der Waals surface area contributed by atoms with Crippen LogP contribution in [0.2, 0.25) is 0 Å². The number of unbranched alkanes of at least 4 members (excludes halogenated alkanes) is 2. The number of phenols is 1. The van der Waals surface area contributed by atoms with Crippen LogP contribution >= 0.6 is 0 Å². The van der Waals surface area contributed by atoms with Crippen LogP contribution in [0.5, 0.6) is 5.75 Å². The predicted octanol–water partition coefficient (Wildman–Crippen LogP) is 3.89. The molecule has 8 nitrogen and oxygen atoms in total. The first-order valence-corrected chi connectivity index (χ1v) is 11.3. The number of rotatable bonds is 11. The Bertz CT molecular complexity index is 760. The first kappa shape index (κ1) is 27.3. The van der Waals surface area contributed by atoms with Crippen molar-refractivity contribution in [2.75, 3.05) is 13.1 Å². The van der Waals surface area contributed by atoms with Gasteiger partial charge in [-0.1, -0.05) is 38.8 Å². The molecule has 1 rings (SSSR count). The first-order chi connectivity index (χ1) is 15.0. The highest BCUT2D eigenvalue weighted by atomic mass is 16.6. The monoisotopic (exact) mass is 449 g/mol. The van der Waals surface area contributed by atoms with Crippen molar-refractivity contribution < 1.29 is 24.2 Å². The van der Waals surface area contributed by atoms with E-state index in [2.05, 4.69) is 17.6 Å². The van der Waals surface area contributed by atoms with E-state index >= 15 is 0 Å². The van der Waals surface area contributed by atoms with Gasteiger partial charge in [-0.15, -0.1) is 0 Å². The van der Waals surface area contributed by atoms with Crippen molar-refractivity contribution >= 4 is 17.9 Å². The molecular weight excluding hydrogens is 410 g/mol. The third-order valence-electron chi connectivity index (χ3n) is 4.93.